The first-order valence-corrected chi connectivity index (χ1v) is 11.5. The lowest BCUT2D eigenvalue weighted by molar-refractivity contribution is -0.121. The van der Waals surface area contributed by atoms with E-state index in [4.69, 9.17) is 6.70 Å². The molecule has 0 aromatic heterocycles. The molecule has 4 rings (SSSR count). The van der Waals surface area contributed by atoms with Crippen LogP contribution in [0.15, 0.2) is 37.1 Å². The van der Waals surface area contributed by atoms with Crippen LogP contribution in [-0.4, -0.2) is 42.5 Å². The van der Waals surface area contributed by atoms with Crippen LogP contribution in [-0.2, 0) is 11.5 Å². The highest BCUT2D eigenvalue weighted by Crippen LogP contribution is 2.38. The molecule has 1 atom stereocenters. The van der Waals surface area contributed by atoms with E-state index in [2.05, 4.69) is 29.4 Å². The van der Waals surface area contributed by atoms with Crippen molar-refractivity contribution in [3.8, 4) is 0 Å². The molecule has 0 bridgehead atoms. The Morgan fingerprint density at radius 3 is 2.63 bits per heavy atom. The first-order chi connectivity index (χ1) is 14.5. The van der Waals surface area contributed by atoms with Gasteiger partial charge in [-0.1, -0.05) is 19.2 Å². The summed E-state index contributed by atoms with van der Waals surface area (Å²) in [5.74, 6) is 0.389. The van der Waals surface area contributed by atoms with Crippen LogP contribution in [0.2, 0.25) is 0 Å². The Labute approximate surface area is 194 Å². The Morgan fingerprint density at radius 1 is 1.17 bits per heavy atom. The van der Waals surface area contributed by atoms with Gasteiger partial charge in [-0.15, -0.1) is 0 Å². The third-order valence-corrected chi connectivity index (χ3v) is 6.79. The van der Waals surface area contributed by atoms with E-state index in [9.17, 15) is 9.59 Å². The molecule has 1 unspecified atom stereocenters. The molecular weight excluding hydrogens is 517 g/mol. The fourth-order valence-corrected chi connectivity index (χ4v) is 5.02. The molecule has 1 aromatic carbocycles. The number of rotatable bonds is 6. The average molecular weight is 541 g/mol. The van der Waals surface area contributed by atoms with E-state index in [1.54, 1.807) is 27.9 Å². The zero-order valence-electron chi connectivity index (χ0n) is 16.6. The first kappa shape index (κ1) is 21.7. The van der Waals surface area contributed by atoms with E-state index in [1.807, 2.05) is 12.1 Å². The van der Waals surface area contributed by atoms with Crippen molar-refractivity contribution in [2.75, 3.05) is 24.6 Å². The van der Waals surface area contributed by atoms with Crippen LogP contribution in [0.3, 0.4) is 0 Å². The fraction of sp³-hybridized carbons (Fsp3) is 0.429. The van der Waals surface area contributed by atoms with Gasteiger partial charge in [0.1, 0.15) is 23.0 Å². The Kier molecular flexibility index (Phi) is 6.71. The molecule has 0 aliphatic carbocycles. The molecule has 3 heterocycles. The summed E-state index contributed by atoms with van der Waals surface area (Å²) in [7, 11) is 0. The molecule has 3 aliphatic rings. The van der Waals surface area contributed by atoms with Gasteiger partial charge in [0.05, 0.1) is 18.2 Å². The van der Waals surface area contributed by atoms with Gasteiger partial charge in [-0.05, 0) is 37.3 Å². The molecule has 0 spiro atoms. The Bertz CT molecular complexity index is 885. The molecule has 0 radical (unpaired) electrons. The second-order valence-corrected chi connectivity index (χ2v) is 9.40. The van der Waals surface area contributed by atoms with Crippen LogP contribution >= 0.6 is 35.3 Å². The zero-order valence-corrected chi connectivity index (χ0v) is 19.5. The molecule has 2 fully saturated rings. The quantitative estimate of drug-likeness (QED) is 0.333. The maximum absolute atomic E-state index is 13.2. The molecule has 1 aromatic rings. The van der Waals surface area contributed by atoms with Crippen LogP contribution in [0.1, 0.15) is 41.6 Å². The summed E-state index contributed by atoms with van der Waals surface area (Å²) in [6.45, 7) is 10.6. The predicted octanol–water partition coefficient (Wildman–Crippen LogP) is 4.07. The topological polar surface area (TPSA) is 71.1 Å². The minimum Gasteiger partial charge on any atom is -0.371 e. The highest BCUT2D eigenvalue weighted by atomic mass is 127. The molecule has 30 heavy (non-hydrogen) atoms. The van der Waals surface area contributed by atoms with Crippen molar-refractivity contribution in [2.45, 2.75) is 31.7 Å². The normalized spacial score (nSPS) is 22.5. The first-order valence-electron chi connectivity index (χ1n) is 9.97. The lowest BCUT2D eigenvalue weighted by Crippen LogP contribution is -2.45. The fourth-order valence-electron chi connectivity index (χ4n) is 4.42. The van der Waals surface area contributed by atoms with Gasteiger partial charge >= 0.3 is 0 Å². The average Bonchev–Trinajstić information content (AvgIpc) is 2.99. The third-order valence-electron chi connectivity index (χ3n) is 6.07. The van der Waals surface area contributed by atoms with E-state index in [-0.39, 0.29) is 17.9 Å². The van der Waals surface area contributed by atoms with Crippen LogP contribution < -0.4 is 10.2 Å². The number of piperidine rings is 2. The number of hydrogen-bond acceptors (Lipinski definition) is 6. The van der Waals surface area contributed by atoms with Crippen molar-refractivity contribution in [2.24, 2.45) is 5.92 Å². The van der Waals surface area contributed by atoms with Crippen molar-refractivity contribution in [3.05, 3.63) is 48.2 Å². The van der Waals surface area contributed by atoms with Crippen molar-refractivity contribution in [3.63, 3.8) is 0 Å². The highest BCUT2D eigenvalue weighted by molar-refractivity contribution is 14.1. The van der Waals surface area contributed by atoms with Crippen LogP contribution in [0.25, 0.3) is 5.70 Å². The summed E-state index contributed by atoms with van der Waals surface area (Å²) in [6.07, 6.45) is 3.01. The Hall–Kier alpha value is -1.56. The van der Waals surface area contributed by atoms with Crippen LogP contribution in [0.5, 0.6) is 0 Å². The van der Waals surface area contributed by atoms with Gasteiger partial charge in [0.2, 0.25) is 5.91 Å². The summed E-state index contributed by atoms with van der Waals surface area (Å²) in [4.78, 5) is 28.8. The monoisotopic (exact) mass is 541 g/mol. The molecular formula is C21H24IN3O4S. The van der Waals surface area contributed by atoms with E-state index in [1.165, 1.54) is 0 Å². The minimum atomic E-state index is -0.251. The lowest BCUT2D eigenvalue weighted by atomic mass is 9.97. The Morgan fingerprint density at radius 2 is 1.93 bits per heavy atom. The van der Waals surface area contributed by atoms with E-state index in [0.717, 1.165) is 49.5 Å². The van der Waals surface area contributed by atoms with E-state index >= 15 is 0 Å². The molecule has 2 amide bonds. The SMILES string of the molecule is C=C1NC(=O)CCC1N1C(=C)c2ccc(N3CCC(COSOI)CC3)cc2C1=O. The summed E-state index contributed by atoms with van der Waals surface area (Å²) in [6, 6.07) is 5.77. The molecule has 2 saturated heterocycles. The van der Waals surface area contributed by atoms with Crippen LogP contribution in [0, 0.1) is 5.92 Å². The van der Waals surface area contributed by atoms with Gasteiger partial charge in [0.25, 0.3) is 5.91 Å². The molecule has 7 nitrogen and oxygen atoms in total. The largest absolute Gasteiger partial charge is 0.371 e. The standard InChI is InChI=1S/C21H24IN3O4S/c1-13-19(5-6-20(26)23-13)25-14(2)17-4-3-16(11-18(17)21(25)27)24-9-7-15(8-10-24)12-28-30-29-22/h3-4,11,15,19H,1-2,5-10,12H2,(H,23,26). The molecule has 1 N–H and O–H groups in total. The zero-order chi connectivity index (χ0) is 21.3. The number of nitrogens with zero attached hydrogens (tertiary/aromatic N) is 2. The summed E-state index contributed by atoms with van der Waals surface area (Å²) < 4.78 is 10.2. The number of carbonyl (C=O) groups is 2. The number of halogens is 1. The van der Waals surface area contributed by atoms with E-state index in [0.29, 0.717) is 42.3 Å². The van der Waals surface area contributed by atoms with Crippen molar-refractivity contribution in [1.29, 1.82) is 0 Å². The van der Waals surface area contributed by atoms with Crippen molar-refractivity contribution in [1.82, 2.24) is 10.2 Å². The molecule has 9 heteroatoms. The van der Waals surface area contributed by atoms with Crippen LogP contribution in [0.4, 0.5) is 5.69 Å². The molecule has 0 saturated carbocycles. The van der Waals surface area contributed by atoms with Gasteiger partial charge < -0.3 is 10.2 Å². The second-order valence-electron chi connectivity index (χ2n) is 7.83. The third kappa shape index (κ3) is 4.25. The van der Waals surface area contributed by atoms with Crippen molar-refractivity contribution >= 4 is 58.5 Å². The van der Waals surface area contributed by atoms with Gasteiger partial charge in [-0.2, -0.15) is 0 Å². The van der Waals surface area contributed by atoms with Gasteiger partial charge in [-0.3, -0.25) is 18.7 Å². The van der Waals surface area contributed by atoms with Gasteiger partial charge in [0, 0.05) is 42.2 Å². The highest BCUT2D eigenvalue weighted by Gasteiger charge is 2.39. The van der Waals surface area contributed by atoms with Crippen molar-refractivity contribution < 1.29 is 16.3 Å². The predicted molar refractivity (Wildman–Crippen MR) is 126 cm³/mol. The number of benzene rings is 1. The number of fused-ring (bicyclic) bond motifs is 1. The summed E-state index contributed by atoms with van der Waals surface area (Å²) in [5, 5.41) is 2.76. The Balaban J connectivity index is 1.45. The number of amides is 2. The second kappa shape index (κ2) is 9.29. The number of hydrogen-bond donors (Lipinski definition) is 1. The van der Waals surface area contributed by atoms with E-state index < -0.39 is 0 Å². The van der Waals surface area contributed by atoms with Gasteiger partial charge in [-0.25, -0.2) is 2.51 Å². The number of anilines is 1. The summed E-state index contributed by atoms with van der Waals surface area (Å²) >= 11 is 2.82. The maximum Gasteiger partial charge on any atom is 0.259 e. The smallest absolute Gasteiger partial charge is 0.259 e. The maximum atomic E-state index is 13.2. The molecule has 3 aliphatic heterocycles. The van der Waals surface area contributed by atoms with Gasteiger partial charge in [0.15, 0.2) is 12.3 Å². The number of carbonyl (C=O) groups excluding carboxylic acids is 2. The molecule has 160 valence electrons. The number of nitrogens with one attached hydrogen (secondary N) is 1. The lowest BCUT2D eigenvalue weighted by Gasteiger charge is -2.33. The summed E-state index contributed by atoms with van der Waals surface area (Å²) in [5.41, 5.74) is 3.81. The minimum absolute atomic E-state index is 0.0532.